The van der Waals surface area contributed by atoms with Crippen LogP contribution in [0.1, 0.15) is 16.7 Å². The summed E-state index contributed by atoms with van der Waals surface area (Å²) in [4.78, 5) is 0. The molecule has 0 N–H and O–H groups in total. The molecule has 0 bridgehead atoms. The molecule has 0 amide bonds. The Labute approximate surface area is 100 Å². The van der Waals surface area contributed by atoms with Gasteiger partial charge in [0.15, 0.2) is 11.5 Å². The topological polar surface area (TPSA) is 44.5 Å². The van der Waals surface area contributed by atoms with E-state index in [0.29, 0.717) is 0 Å². The highest BCUT2D eigenvalue weighted by Gasteiger charge is 2.09. The van der Waals surface area contributed by atoms with E-state index in [2.05, 4.69) is 5.16 Å². The number of hydrogen-bond donors (Lipinski definition) is 0. The van der Waals surface area contributed by atoms with E-state index in [1.165, 1.54) is 5.56 Å². The summed E-state index contributed by atoms with van der Waals surface area (Å²) in [6, 6.07) is 3.96. The van der Waals surface area contributed by atoms with Crippen molar-refractivity contribution in [2.75, 3.05) is 14.2 Å². The van der Waals surface area contributed by atoms with Crippen molar-refractivity contribution in [3.8, 4) is 11.5 Å². The quantitative estimate of drug-likeness (QED) is 0.814. The highest BCUT2D eigenvalue weighted by atomic mass is 16.5. The molecule has 4 heteroatoms. The molecule has 0 radical (unpaired) electrons. The lowest BCUT2D eigenvalue weighted by Crippen LogP contribution is -1.96. The van der Waals surface area contributed by atoms with Crippen LogP contribution < -0.4 is 9.47 Å². The predicted molar refractivity (Wildman–Crippen MR) is 63.6 cm³/mol. The Balaban J connectivity index is 2.34. The van der Waals surface area contributed by atoms with Crippen molar-refractivity contribution in [1.82, 2.24) is 5.16 Å². The molecular formula is C13H15NO3. The van der Waals surface area contributed by atoms with Gasteiger partial charge in [0, 0.05) is 12.0 Å². The van der Waals surface area contributed by atoms with Gasteiger partial charge < -0.3 is 14.0 Å². The van der Waals surface area contributed by atoms with Crippen molar-refractivity contribution in [2.45, 2.75) is 13.3 Å². The van der Waals surface area contributed by atoms with Crippen molar-refractivity contribution < 1.29 is 14.0 Å². The maximum Gasteiger partial charge on any atom is 0.161 e. The summed E-state index contributed by atoms with van der Waals surface area (Å²) in [5.74, 6) is 1.49. The van der Waals surface area contributed by atoms with Crippen molar-refractivity contribution in [3.05, 3.63) is 41.3 Å². The number of hydrogen-bond acceptors (Lipinski definition) is 4. The first-order chi connectivity index (χ1) is 8.24. The van der Waals surface area contributed by atoms with Crippen LogP contribution in [-0.4, -0.2) is 19.4 Å². The number of ether oxygens (including phenoxy) is 2. The van der Waals surface area contributed by atoms with E-state index >= 15 is 0 Å². The Morgan fingerprint density at radius 2 is 1.88 bits per heavy atom. The molecule has 0 aliphatic carbocycles. The van der Waals surface area contributed by atoms with Gasteiger partial charge in [-0.3, -0.25) is 0 Å². The second-order valence-corrected chi connectivity index (χ2v) is 3.84. The van der Waals surface area contributed by atoms with Gasteiger partial charge in [-0.1, -0.05) is 5.16 Å². The molecule has 4 nitrogen and oxygen atoms in total. The van der Waals surface area contributed by atoms with Crippen LogP contribution in [0.3, 0.4) is 0 Å². The maximum atomic E-state index is 5.29. The van der Waals surface area contributed by atoms with Crippen molar-refractivity contribution in [2.24, 2.45) is 0 Å². The summed E-state index contributed by atoms with van der Waals surface area (Å²) in [6.45, 7) is 2.05. The van der Waals surface area contributed by atoms with E-state index in [4.69, 9.17) is 14.0 Å². The van der Waals surface area contributed by atoms with E-state index in [0.717, 1.165) is 29.0 Å². The third-order valence-corrected chi connectivity index (χ3v) is 2.72. The van der Waals surface area contributed by atoms with Gasteiger partial charge in [-0.25, -0.2) is 0 Å². The minimum atomic E-state index is 0.740. The van der Waals surface area contributed by atoms with Gasteiger partial charge in [0.1, 0.15) is 6.26 Å². The van der Waals surface area contributed by atoms with Gasteiger partial charge in [0.05, 0.1) is 20.4 Å². The van der Waals surface area contributed by atoms with E-state index in [1.54, 1.807) is 26.7 Å². The van der Waals surface area contributed by atoms with Crippen LogP contribution in [0.15, 0.2) is 29.1 Å². The number of nitrogens with zero attached hydrogens (tertiary/aromatic N) is 1. The molecule has 90 valence electrons. The predicted octanol–water partition coefficient (Wildman–Crippen LogP) is 2.59. The molecule has 1 heterocycles. The largest absolute Gasteiger partial charge is 0.493 e. The fraction of sp³-hybridized carbons (Fsp3) is 0.308. The molecule has 1 aromatic carbocycles. The second-order valence-electron chi connectivity index (χ2n) is 3.84. The molecule has 17 heavy (non-hydrogen) atoms. The van der Waals surface area contributed by atoms with E-state index in [9.17, 15) is 0 Å². The Bertz CT molecular complexity index is 492. The summed E-state index contributed by atoms with van der Waals surface area (Å²) >= 11 is 0. The third kappa shape index (κ3) is 2.41. The first kappa shape index (κ1) is 11.5. The average molecular weight is 233 g/mol. The molecule has 2 rings (SSSR count). The third-order valence-electron chi connectivity index (χ3n) is 2.72. The molecule has 0 saturated carbocycles. The van der Waals surface area contributed by atoms with Crippen molar-refractivity contribution >= 4 is 0 Å². The Morgan fingerprint density at radius 3 is 2.47 bits per heavy atom. The van der Waals surface area contributed by atoms with Crippen LogP contribution in [0.4, 0.5) is 0 Å². The highest BCUT2D eigenvalue weighted by molar-refractivity contribution is 5.48. The molecule has 0 fully saturated rings. The van der Waals surface area contributed by atoms with Crippen LogP contribution in [0.5, 0.6) is 11.5 Å². The minimum Gasteiger partial charge on any atom is -0.493 e. The number of benzene rings is 1. The fourth-order valence-electron chi connectivity index (χ4n) is 1.75. The number of methoxy groups -OCH3 is 2. The van der Waals surface area contributed by atoms with Gasteiger partial charge >= 0.3 is 0 Å². The second kappa shape index (κ2) is 4.91. The number of aryl methyl sites for hydroxylation is 1. The van der Waals surface area contributed by atoms with Crippen LogP contribution in [0.2, 0.25) is 0 Å². The SMILES string of the molecule is COc1cc(C)c(Cc2cnoc2)cc1OC. The molecular weight excluding hydrogens is 218 g/mol. The van der Waals surface area contributed by atoms with Gasteiger partial charge in [0.2, 0.25) is 0 Å². The first-order valence-electron chi connectivity index (χ1n) is 5.34. The van der Waals surface area contributed by atoms with E-state index < -0.39 is 0 Å². The maximum absolute atomic E-state index is 5.29. The van der Waals surface area contributed by atoms with Gasteiger partial charge in [-0.15, -0.1) is 0 Å². The van der Waals surface area contributed by atoms with Crippen LogP contribution >= 0.6 is 0 Å². The molecule has 0 unspecified atom stereocenters. The zero-order chi connectivity index (χ0) is 12.3. The summed E-state index contributed by atoms with van der Waals surface area (Å²) < 4.78 is 15.4. The summed E-state index contributed by atoms with van der Waals surface area (Å²) in [7, 11) is 3.27. The highest BCUT2D eigenvalue weighted by Crippen LogP contribution is 2.31. The van der Waals surface area contributed by atoms with Gasteiger partial charge in [-0.2, -0.15) is 0 Å². The Morgan fingerprint density at radius 1 is 1.18 bits per heavy atom. The van der Waals surface area contributed by atoms with Crippen LogP contribution in [0, 0.1) is 6.92 Å². The lowest BCUT2D eigenvalue weighted by atomic mass is 10.0. The summed E-state index contributed by atoms with van der Waals surface area (Å²) in [5, 5.41) is 3.69. The molecule has 0 atom stereocenters. The molecule has 0 saturated heterocycles. The molecule has 2 aromatic rings. The van der Waals surface area contributed by atoms with Gasteiger partial charge in [0.25, 0.3) is 0 Å². The summed E-state index contributed by atoms with van der Waals surface area (Å²) in [5.41, 5.74) is 3.37. The van der Waals surface area contributed by atoms with Crippen LogP contribution in [0.25, 0.3) is 0 Å². The lowest BCUT2D eigenvalue weighted by Gasteiger charge is -2.12. The van der Waals surface area contributed by atoms with Crippen molar-refractivity contribution in [3.63, 3.8) is 0 Å². The number of rotatable bonds is 4. The molecule has 0 aliphatic rings. The van der Waals surface area contributed by atoms with E-state index in [-0.39, 0.29) is 0 Å². The minimum absolute atomic E-state index is 0.740. The van der Waals surface area contributed by atoms with E-state index in [1.807, 2.05) is 19.1 Å². The first-order valence-corrected chi connectivity index (χ1v) is 5.34. The van der Waals surface area contributed by atoms with Crippen LogP contribution in [-0.2, 0) is 6.42 Å². The zero-order valence-corrected chi connectivity index (χ0v) is 10.2. The zero-order valence-electron chi connectivity index (χ0n) is 10.2. The summed E-state index contributed by atoms with van der Waals surface area (Å²) in [6.07, 6.45) is 4.14. The standard InChI is InChI=1S/C13H15NO3/c1-9-4-12(15-2)13(16-3)6-11(9)5-10-7-14-17-8-10/h4,6-8H,5H2,1-3H3. The van der Waals surface area contributed by atoms with Gasteiger partial charge in [-0.05, 0) is 30.2 Å². The average Bonchev–Trinajstić information content (AvgIpc) is 2.84. The van der Waals surface area contributed by atoms with Crippen molar-refractivity contribution in [1.29, 1.82) is 0 Å². The smallest absolute Gasteiger partial charge is 0.161 e. The Hall–Kier alpha value is -1.97. The lowest BCUT2D eigenvalue weighted by molar-refractivity contribution is 0.354. The molecule has 1 aromatic heterocycles. The molecule has 0 spiro atoms. The number of aromatic nitrogens is 1. The monoisotopic (exact) mass is 233 g/mol. The fourth-order valence-corrected chi connectivity index (χ4v) is 1.75. The normalized spacial score (nSPS) is 10.3. The Kier molecular flexibility index (Phi) is 3.32. The molecule has 0 aliphatic heterocycles.